The summed E-state index contributed by atoms with van der Waals surface area (Å²) in [5, 5.41) is 10.8. The van der Waals surface area contributed by atoms with Gasteiger partial charge in [-0.05, 0) is 56.2 Å². The first-order valence-electron chi connectivity index (χ1n) is 16.0. The van der Waals surface area contributed by atoms with E-state index < -0.39 is 29.9 Å². The number of ketones is 1. The quantitative estimate of drug-likeness (QED) is 0.0601. The second-order valence-corrected chi connectivity index (χ2v) is 11.9. The number of epoxide rings is 1. The Hall–Kier alpha value is -3.55. The Bertz CT molecular complexity index is 1100. The van der Waals surface area contributed by atoms with Crippen LogP contribution in [0.15, 0.2) is 24.3 Å². The van der Waals surface area contributed by atoms with Crippen LogP contribution in [-0.4, -0.2) is 60.5 Å². The maximum Gasteiger partial charge on any atom is 0.312 e. The van der Waals surface area contributed by atoms with Gasteiger partial charge in [0.25, 0.3) is 0 Å². The summed E-state index contributed by atoms with van der Waals surface area (Å²) in [5.74, 6) is -1.56. The van der Waals surface area contributed by atoms with Crippen LogP contribution in [0.4, 0.5) is 10.5 Å². The molecular weight excluding hydrogens is 580 g/mol. The van der Waals surface area contributed by atoms with Crippen LogP contribution < -0.4 is 32.5 Å². The largest absolute Gasteiger partial charge is 0.352 e. The number of ether oxygens (including phenoxy) is 1. The van der Waals surface area contributed by atoms with E-state index in [-0.39, 0.29) is 55.7 Å². The number of rotatable bonds is 23. The van der Waals surface area contributed by atoms with Crippen molar-refractivity contribution in [3.63, 3.8) is 0 Å². The van der Waals surface area contributed by atoms with Gasteiger partial charge >= 0.3 is 6.03 Å². The molecule has 0 saturated carbocycles. The van der Waals surface area contributed by atoms with Crippen molar-refractivity contribution in [1.29, 1.82) is 0 Å². The fourth-order valence-corrected chi connectivity index (χ4v) is 4.69. The van der Waals surface area contributed by atoms with E-state index >= 15 is 0 Å². The van der Waals surface area contributed by atoms with Crippen molar-refractivity contribution in [2.24, 2.45) is 11.7 Å². The molecular formula is C32H52N6O7. The van der Waals surface area contributed by atoms with E-state index in [4.69, 9.17) is 15.3 Å². The summed E-state index contributed by atoms with van der Waals surface area (Å²) in [5.41, 5.74) is 9.50. The lowest BCUT2D eigenvalue weighted by Crippen LogP contribution is -2.54. The number of Topliss-reactive ketones (excluding diaryl/α,β-unsaturated/α-hetero) is 1. The highest BCUT2D eigenvalue weighted by Gasteiger charge is 2.38. The average Bonchev–Trinajstić information content (AvgIpc) is 3.73. The van der Waals surface area contributed by atoms with Crippen molar-refractivity contribution in [3.05, 3.63) is 29.8 Å². The third kappa shape index (κ3) is 15.8. The van der Waals surface area contributed by atoms with Crippen molar-refractivity contribution in [2.45, 2.75) is 123 Å². The number of carbonyl (C=O) groups is 5. The summed E-state index contributed by atoms with van der Waals surface area (Å²) in [6.07, 6.45) is 7.34. The Morgan fingerprint density at radius 3 is 2.31 bits per heavy atom. The highest BCUT2D eigenvalue weighted by Crippen LogP contribution is 2.25. The normalized spacial score (nSPS) is 16.8. The SMILES string of the molecule is CCCCCCC1OC1NOCc1ccc(NC(=O)[C@H](CCCNC(N)=O)NC(=O)[C@@H](NC(=O)CCCC(C)=O)C(C)C)cc1. The van der Waals surface area contributed by atoms with Crippen molar-refractivity contribution in [2.75, 3.05) is 11.9 Å². The molecule has 5 amide bonds. The van der Waals surface area contributed by atoms with Crippen LogP contribution in [0.3, 0.4) is 0 Å². The molecule has 7 N–H and O–H groups in total. The summed E-state index contributed by atoms with van der Waals surface area (Å²) in [7, 11) is 0. The van der Waals surface area contributed by atoms with Gasteiger partial charge in [-0.1, -0.05) is 58.6 Å². The minimum atomic E-state index is -0.941. The number of hydroxylamine groups is 1. The predicted molar refractivity (Wildman–Crippen MR) is 170 cm³/mol. The van der Waals surface area contributed by atoms with E-state index in [0.29, 0.717) is 25.1 Å². The van der Waals surface area contributed by atoms with Crippen LogP contribution in [0, 0.1) is 5.92 Å². The second kappa shape index (κ2) is 20.5. The third-order valence-electron chi connectivity index (χ3n) is 7.38. The lowest BCUT2D eigenvalue weighted by atomic mass is 10.0. The Morgan fingerprint density at radius 1 is 0.933 bits per heavy atom. The van der Waals surface area contributed by atoms with Crippen LogP contribution in [0.25, 0.3) is 0 Å². The van der Waals surface area contributed by atoms with Crippen LogP contribution in [0.2, 0.25) is 0 Å². The molecule has 1 fully saturated rings. The molecule has 4 atom stereocenters. The van der Waals surface area contributed by atoms with Gasteiger partial charge in [0.15, 0.2) is 6.23 Å². The molecule has 45 heavy (non-hydrogen) atoms. The molecule has 1 aliphatic rings. The lowest BCUT2D eigenvalue weighted by molar-refractivity contribution is -0.132. The molecule has 0 radical (unpaired) electrons. The molecule has 1 saturated heterocycles. The van der Waals surface area contributed by atoms with Gasteiger partial charge < -0.3 is 36.5 Å². The van der Waals surface area contributed by atoms with E-state index in [1.165, 1.54) is 26.2 Å². The van der Waals surface area contributed by atoms with E-state index in [0.717, 1.165) is 18.4 Å². The number of unbranched alkanes of at least 4 members (excludes halogenated alkanes) is 3. The Balaban J connectivity index is 1.90. The van der Waals surface area contributed by atoms with E-state index in [1.54, 1.807) is 26.0 Å². The number of nitrogens with one attached hydrogen (secondary N) is 5. The average molecular weight is 633 g/mol. The molecule has 252 valence electrons. The first-order chi connectivity index (χ1) is 21.5. The molecule has 0 aliphatic carbocycles. The molecule has 0 spiro atoms. The predicted octanol–water partition coefficient (Wildman–Crippen LogP) is 3.18. The van der Waals surface area contributed by atoms with Crippen molar-refractivity contribution in [1.82, 2.24) is 21.4 Å². The molecule has 2 rings (SSSR count). The smallest absolute Gasteiger partial charge is 0.312 e. The number of hydrogen-bond donors (Lipinski definition) is 6. The fraction of sp³-hybridized carbons (Fsp3) is 0.656. The minimum absolute atomic E-state index is 0.00853. The van der Waals surface area contributed by atoms with Gasteiger partial charge in [0.1, 0.15) is 24.0 Å². The molecule has 2 unspecified atom stereocenters. The topological polar surface area (TPSA) is 193 Å². The first-order valence-corrected chi connectivity index (χ1v) is 16.0. The van der Waals surface area contributed by atoms with Gasteiger partial charge in [-0.25, -0.2) is 4.79 Å². The molecule has 1 aromatic rings. The summed E-state index contributed by atoms with van der Waals surface area (Å²) in [4.78, 5) is 66.8. The number of primary amides is 1. The summed E-state index contributed by atoms with van der Waals surface area (Å²) >= 11 is 0. The molecule has 0 aromatic heterocycles. The fourth-order valence-electron chi connectivity index (χ4n) is 4.69. The van der Waals surface area contributed by atoms with Gasteiger partial charge in [0.2, 0.25) is 17.7 Å². The Labute approximate surface area is 266 Å². The lowest BCUT2D eigenvalue weighted by Gasteiger charge is -2.25. The summed E-state index contributed by atoms with van der Waals surface area (Å²) in [6.45, 7) is 7.77. The molecule has 1 heterocycles. The Kier molecular flexibility index (Phi) is 17.1. The molecule has 1 aliphatic heterocycles. The minimum Gasteiger partial charge on any atom is -0.352 e. The molecule has 13 heteroatoms. The maximum atomic E-state index is 13.3. The number of benzene rings is 1. The molecule has 1 aromatic carbocycles. The highest BCUT2D eigenvalue weighted by atomic mass is 16.7. The number of amides is 5. The van der Waals surface area contributed by atoms with Crippen molar-refractivity contribution >= 4 is 35.2 Å². The highest BCUT2D eigenvalue weighted by molar-refractivity contribution is 5.98. The number of anilines is 1. The zero-order valence-corrected chi connectivity index (χ0v) is 27.1. The standard InChI is InChI=1S/C32H52N6O7/c1-5-6-7-8-13-26-31(45-26)38-44-20-23-15-17-24(18-16-23)35-29(41)25(12-10-19-34-32(33)43)36-30(42)28(21(2)3)37-27(40)14-9-11-22(4)39/h15-18,21,25-26,28,31,38H,5-14,19-20H2,1-4H3,(H,35,41)(H,36,42)(H,37,40)(H3,33,34,43)/t25-,26?,28-,31?/m0/s1. The number of nitrogens with two attached hydrogens (primary N) is 1. The van der Waals surface area contributed by atoms with Crippen LogP contribution in [0.5, 0.6) is 0 Å². The first kappa shape index (κ1) is 37.6. The maximum absolute atomic E-state index is 13.3. The monoisotopic (exact) mass is 632 g/mol. The van der Waals surface area contributed by atoms with E-state index in [2.05, 4.69) is 33.7 Å². The summed E-state index contributed by atoms with van der Waals surface area (Å²) < 4.78 is 5.59. The van der Waals surface area contributed by atoms with Gasteiger partial charge in [-0.15, -0.1) is 0 Å². The second-order valence-electron chi connectivity index (χ2n) is 11.9. The number of hydrogen-bond acceptors (Lipinski definition) is 8. The zero-order valence-electron chi connectivity index (χ0n) is 27.1. The van der Waals surface area contributed by atoms with Crippen molar-refractivity contribution < 1.29 is 33.5 Å². The van der Waals surface area contributed by atoms with E-state index in [1.807, 2.05) is 12.1 Å². The van der Waals surface area contributed by atoms with Gasteiger partial charge in [-0.2, -0.15) is 5.48 Å². The molecule has 0 bridgehead atoms. The Morgan fingerprint density at radius 2 is 1.67 bits per heavy atom. The van der Waals surface area contributed by atoms with E-state index in [9.17, 15) is 24.0 Å². The van der Waals surface area contributed by atoms with Gasteiger partial charge in [-0.3, -0.25) is 19.2 Å². The third-order valence-corrected chi connectivity index (χ3v) is 7.38. The molecule has 13 nitrogen and oxygen atoms in total. The van der Waals surface area contributed by atoms with Crippen LogP contribution >= 0.6 is 0 Å². The summed E-state index contributed by atoms with van der Waals surface area (Å²) in [6, 6.07) is 4.64. The van der Waals surface area contributed by atoms with Gasteiger partial charge in [0.05, 0.1) is 6.61 Å². The van der Waals surface area contributed by atoms with Crippen molar-refractivity contribution in [3.8, 4) is 0 Å². The number of carbonyl (C=O) groups excluding carboxylic acids is 5. The van der Waals surface area contributed by atoms with Crippen LogP contribution in [0.1, 0.15) is 97.5 Å². The van der Waals surface area contributed by atoms with Gasteiger partial charge in [0, 0.05) is 25.1 Å². The number of urea groups is 1. The van der Waals surface area contributed by atoms with Crippen LogP contribution in [-0.2, 0) is 35.4 Å². The zero-order chi connectivity index (χ0) is 33.2.